The maximum absolute atomic E-state index is 12.0. The van der Waals surface area contributed by atoms with E-state index in [-0.39, 0.29) is 11.5 Å². The number of hydrogen-bond donors (Lipinski definition) is 2. The molecule has 0 bridgehead atoms. The number of anilines is 1. The molecule has 0 saturated carbocycles. The first-order valence-electron chi connectivity index (χ1n) is 5.62. The summed E-state index contributed by atoms with van der Waals surface area (Å²) in [6.45, 7) is 6.33. The number of aryl methyl sites for hydroxylation is 1. The number of carbonyl (C=O) groups excluding carboxylic acids is 3. The molecule has 1 atom stereocenters. The summed E-state index contributed by atoms with van der Waals surface area (Å²) in [5.41, 5.74) is 6.03. The number of amides is 2. The van der Waals surface area contributed by atoms with E-state index >= 15 is 0 Å². The maximum atomic E-state index is 12.0. The van der Waals surface area contributed by atoms with Crippen LogP contribution in [0.1, 0.15) is 34.6 Å². The van der Waals surface area contributed by atoms with Crippen LogP contribution in [0.2, 0.25) is 0 Å². The predicted molar refractivity (Wildman–Crippen MR) is 72.2 cm³/mol. The van der Waals surface area contributed by atoms with Crippen LogP contribution in [0.15, 0.2) is 0 Å². The summed E-state index contributed by atoms with van der Waals surface area (Å²) >= 11 is 1.28. The third-order valence-electron chi connectivity index (χ3n) is 2.56. The lowest BCUT2D eigenvalue weighted by Gasteiger charge is -2.11. The third kappa shape index (κ3) is 3.54. The smallest absolute Gasteiger partial charge is 0.342 e. The van der Waals surface area contributed by atoms with E-state index < -0.39 is 18.0 Å². The summed E-state index contributed by atoms with van der Waals surface area (Å²) in [4.78, 5) is 34.9. The maximum Gasteiger partial charge on any atom is 0.342 e. The Labute approximate surface area is 114 Å². The zero-order valence-electron chi connectivity index (χ0n) is 11.2. The lowest BCUT2D eigenvalue weighted by atomic mass is 10.1. The van der Waals surface area contributed by atoms with Crippen LogP contribution in [0, 0.1) is 13.8 Å². The van der Waals surface area contributed by atoms with Crippen molar-refractivity contribution < 1.29 is 19.1 Å². The van der Waals surface area contributed by atoms with Crippen LogP contribution in [0.3, 0.4) is 0 Å². The number of nitrogens with one attached hydrogen (secondary N) is 1. The van der Waals surface area contributed by atoms with Gasteiger partial charge in [-0.3, -0.25) is 9.59 Å². The molecule has 104 valence electrons. The highest BCUT2D eigenvalue weighted by molar-refractivity contribution is 7.16. The van der Waals surface area contributed by atoms with Crippen LogP contribution in [0.5, 0.6) is 0 Å². The molecule has 1 aromatic rings. The molecule has 3 N–H and O–H groups in total. The van der Waals surface area contributed by atoms with Crippen LogP contribution >= 0.6 is 11.3 Å². The number of thiophene rings is 1. The van der Waals surface area contributed by atoms with Gasteiger partial charge in [0.05, 0.1) is 5.56 Å². The molecule has 0 fully saturated rings. The van der Waals surface area contributed by atoms with Crippen molar-refractivity contribution in [2.45, 2.75) is 33.8 Å². The summed E-state index contributed by atoms with van der Waals surface area (Å²) in [7, 11) is 0. The second kappa shape index (κ2) is 5.83. The Kier molecular flexibility index (Phi) is 4.66. The number of carbonyl (C=O) groups is 3. The van der Waals surface area contributed by atoms with E-state index in [1.54, 1.807) is 6.92 Å². The molecule has 19 heavy (non-hydrogen) atoms. The van der Waals surface area contributed by atoms with Crippen LogP contribution in [0.4, 0.5) is 5.00 Å². The highest BCUT2D eigenvalue weighted by Crippen LogP contribution is 2.33. The fraction of sp³-hybridized carbons (Fsp3) is 0.417. The summed E-state index contributed by atoms with van der Waals surface area (Å²) in [6.07, 6.45) is -1.02. The number of ether oxygens (including phenoxy) is 1. The molecule has 1 rings (SSSR count). The van der Waals surface area contributed by atoms with Gasteiger partial charge in [0.1, 0.15) is 5.00 Å². The van der Waals surface area contributed by atoms with Crippen LogP contribution in [-0.4, -0.2) is 23.9 Å². The van der Waals surface area contributed by atoms with E-state index in [9.17, 15) is 14.4 Å². The zero-order chi connectivity index (χ0) is 14.7. The molecule has 0 aliphatic heterocycles. The number of hydrogen-bond acceptors (Lipinski definition) is 5. The van der Waals surface area contributed by atoms with Gasteiger partial charge in [-0.2, -0.15) is 0 Å². The van der Waals surface area contributed by atoms with E-state index in [0.717, 1.165) is 10.4 Å². The van der Waals surface area contributed by atoms with Crippen molar-refractivity contribution >= 4 is 34.1 Å². The van der Waals surface area contributed by atoms with Gasteiger partial charge in [-0.1, -0.05) is 0 Å². The SMILES string of the molecule is CC(=O)Nc1sc(C)c(C)c1C(=O)O[C@H](C)C(N)=O. The monoisotopic (exact) mass is 284 g/mol. The van der Waals surface area contributed by atoms with Gasteiger partial charge in [0, 0.05) is 11.8 Å². The average Bonchev–Trinajstić information content (AvgIpc) is 2.53. The van der Waals surface area contributed by atoms with Crippen LogP contribution < -0.4 is 11.1 Å². The first-order valence-corrected chi connectivity index (χ1v) is 6.43. The Morgan fingerprint density at radius 3 is 2.37 bits per heavy atom. The number of esters is 1. The van der Waals surface area contributed by atoms with E-state index in [0.29, 0.717) is 5.00 Å². The van der Waals surface area contributed by atoms with Crippen molar-refractivity contribution in [3.8, 4) is 0 Å². The Morgan fingerprint density at radius 2 is 1.89 bits per heavy atom. The van der Waals surface area contributed by atoms with Gasteiger partial charge >= 0.3 is 5.97 Å². The summed E-state index contributed by atoms with van der Waals surface area (Å²) in [6, 6.07) is 0. The van der Waals surface area contributed by atoms with E-state index in [1.807, 2.05) is 6.92 Å². The van der Waals surface area contributed by atoms with Gasteiger partial charge in [0.2, 0.25) is 5.91 Å². The fourth-order valence-electron chi connectivity index (χ4n) is 1.40. The van der Waals surface area contributed by atoms with Gasteiger partial charge < -0.3 is 15.8 Å². The number of nitrogens with two attached hydrogens (primary N) is 1. The van der Waals surface area contributed by atoms with Crippen molar-refractivity contribution in [1.82, 2.24) is 0 Å². The van der Waals surface area contributed by atoms with Gasteiger partial charge in [0.25, 0.3) is 5.91 Å². The largest absolute Gasteiger partial charge is 0.449 e. The van der Waals surface area contributed by atoms with Gasteiger partial charge in [-0.25, -0.2) is 4.79 Å². The number of primary amides is 1. The van der Waals surface area contributed by atoms with Crippen molar-refractivity contribution in [2.75, 3.05) is 5.32 Å². The average molecular weight is 284 g/mol. The van der Waals surface area contributed by atoms with Crippen LogP contribution in [-0.2, 0) is 14.3 Å². The molecule has 2 amide bonds. The third-order valence-corrected chi connectivity index (χ3v) is 3.69. The first kappa shape index (κ1) is 15.2. The van der Waals surface area contributed by atoms with Gasteiger partial charge in [0.15, 0.2) is 6.10 Å². The molecule has 0 spiro atoms. The number of rotatable bonds is 4. The highest BCUT2D eigenvalue weighted by Gasteiger charge is 2.24. The van der Waals surface area contributed by atoms with Crippen molar-refractivity contribution in [1.29, 1.82) is 0 Å². The Bertz CT molecular complexity index is 536. The summed E-state index contributed by atoms with van der Waals surface area (Å²) < 4.78 is 4.96. The summed E-state index contributed by atoms with van der Waals surface area (Å²) in [5.74, 6) is -1.67. The van der Waals surface area contributed by atoms with Crippen molar-refractivity contribution in [3.63, 3.8) is 0 Å². The van der Waals surface area contributed by atoms with E-state index in [4.69, 9.17) is 10.5 Å². The molecule has 0 aromatic carbocycles. The van der Waals surface area contributed by atoms with E-state index in [2.05, 4.69) is 5.32 Å². The molecule has 6 nitrogen and oxygen atoms in total. The molecule has 7 heteroatoms. The van der Waals surface area contributed by atoms with E-state index in [1.165, 1.54) is 25.2 Å². The normalized spacial score (nSPS) is 11.8. The van der Waals surface area contributed by atoms with Crippen molar-refractivity contribution in [2.24, 2.45) is 5.73 Å². The Balaban J connectivity index is 3.07. The zero-order valence-corrected chi connectivity index (χ0v) is 12.0. The minimum atomic E-state index is -1.02. The van der Waals surface area contributed by atoms with Gasteiger partial charge in [-0.15, -0.1) is 11.3 Å². The molecule has 0 saturated heterocycles. The molecule has 0 unspecified atom stereocenters. The van der Waals surface area contributed by atoms with Gasteiger partial charge in [-0.05, 0) is 26.3 Å². The molecule has 1 aromatic heterocycles. The molecule has 0 radical (unpaired) electrons. The molecule has 1 heterocycles. The molecular formula is C12H16N2O4S. The highest BCUT2D eigenvalue weighted by atomic mass is 32.1. The molecular weight excluding hydrogens is 268 g/mol. The lowest BCUT2D eigenvalue weighted by molar-refractivity contribution is -0.125. The standard InChI is InChI=1S/C12H16N2O4S/c1-5-7(3)19-11(14-8(4)15)9(5)12(17)18-6(2)10(13)16/h6H,1-4H3,(H2,13,16)(H,14,15)/t6-/m1/s1. The Hall–Kier alpha value is -1.89. The van der Waals surface area contributed by atoms with Crippen molar-refractivity contribution in [3.05, 3.63) is 16.0 Å². The summed E-state index contributed by atoms with van der Waals surface area (Å²) in [5, 5.41) is 3.00. The lowest BCUT2D eigenvalue weighted by Crippen LogP contribution is -2.30. The Morgan fingerprint density at radius 1 is 1.32 bits per heavy atom. The minimum Gasteiger partial charge on any atom is -0.449 e. The second-order valence-electron chi connectivity index (χ2n) is 4.12. The van der Waals surface area contributed by atoms with Crippen LogP contribution in [0.25, 0.3) is 0 Å². The molecule has 0 aliphatic carbocycles. The second-order valence-corrected chi connectivity index (χ2v) is 5.34. The first-order chi connectivity index (χ1) is 8.73. The molecule has 0 aliphatic rings. The topological polar surface area (TPSA) is 98.5 Å². The predicted octanol–water partition coefficient (Wildman–Crippen LogP) is 1.35. The fourth-order valence-corrected chi connectivity index (χ4v) is 2.49. The minimum absolute atomic E-state index is 0.269. The quantitative estimate of drug-likeness (QED) is 0.815.